The summed E-state index contributed by atoms with van der Waals surface area (Å²) in [4.78, 5) is 14.2. The van der Waals surface area contributed by atoms with Gasteiger partial charge in [-0.2, -0.15) is 13.2 Å². The van der Waals surface area contributed by atoms with Gasteiger partial charge in [-0.1, -0.05) is 40.9 Å². The van der Waals surface area contributed by atoms with Crippen molar-refractivity contribution in [2.75, 3.05) is 0 Å². The highest BCUT2D eigenvalue weighted by Gasteiger charge is 2.36. The molecule has 0 amide bonds. The maximum Gasteiger partial charge on any atom is 0.418 e. The van der Waals surface area contributed by atoms with Crippen LogP contribution in [0, 0.1) is 0 Å². The first-order chi connectivity index (χ1) is 10.1. The van der Waals surface area contributed by atoms with Crippen LogP contribution in [-0.4, -0.2) is 16.1 Å². The average Bonchev–Trinajstić information content (AvgIpc) is 2.43. The number of aromatic carboxylic acids is 1. The lowest BCUT2D eigenvalue weighted by molar-refractivity contribution is -0.138. The second-order valence-electron chi connectivity index (χ2n) is 4.15. The van der Waals surface area contributed by atoms with Gasteiger partial charge in [0.15, 0.2) is 5.69 Å². The lowest BCUT2D eigenvalue weighted by Gasteiger charge is -2.13. The summed E-state index contributed by atoms with van der Waals surface area (Å²) in [6, 6.07) is 3.39. The molecule has 0 saturated carbocycles. The second kappa shape index (κ2) is 5.95. The Labute approximate surface area is 137 Å². The fourth-order valence-corrected chi connectivity index (χ4v) is 2.39. The van der Waals surface area contributed by atoms with Gasteiger partial charge in [0.05, 0.1) is 20.6 Å². The van der Waals surface area contributed by atoms with Crippen LogP contribution in [0.5, 0.6) is 0 Å². The summed E-state index contributed by atoms with van der Waals surface area (Å²) in [6.45, 7) is 0. The number of carbonyl (C=O) groups is 1. The quantitative estimate of drug-likeness (QED) is 0.718. The summed E-state index contributed by atoms with van der Waals surface area (Å²) in [7, 11) is 0. The van der Waals surface area contributed by atoms with Crippen molar-refractivity contribution in [1.82, 2.24) is 4.98 Å². The van der Waals surface area contributed by atoms with Crippen molar-refractivity contribution in [2.24, 2.45) is 0 Å². The molecule has 0 aliphatic carbocycles. The molecule has 0 aliphatic heterocycles. The van der Waals surface area contributed by atoms with Gasteiger partial charge in [-0.05, 0) is 12.1 Å². The number of halogens is 6. The number of benzene rings is 1. The highest BCUT2D eigenvalue weighted by molar-refractivity contribution is 6.49. The molecule has 3 nitrogen and oxygen atoms in total. The molecule has 9 heteroatoms. The molecule has 0 radical (unpaired) electrons. The summed E-state index contributed by atoms with van der Waals surface area (Å²) in [5.41, 5.74) is -2.33. The zero-order valence-corrected chi connectivity index (χ0v) is 12.6. The Balaban J connectivity index is 2.69. The van der Waals surface area contributed by atoms with Crippen molar-refractivity contribution < 1.29 is 23.1 Å². The van der Waals surface area contributed by atoms with E-state index in [0.717, 1.165) is 6.20 Å². The van der Waals surface area contributed by atoms with Crippen molar-refractivity contribution in [2.45, 2.75) is 6.18 Å². The number of rotatable bonds is 2. The molecule has 2 aromatic rings. The Morgan fingerprint density at radius 1 is 1.14 bits per heavy atom. The van der Waals surface area contributed by atoms with E-state index in [0.29, 0.717) is 6.07 Å². The number of carboxylic acids is 1. The monoisotopic (exact) mass is 369 g/mol. The fraction of sp³-hybridized carbons (Fsp3) is 0.0769. The van der Waals surface area contributed by atoms with E-state index in [1.807, 2.05) is 0 Å². The summed E-state index contributed by atoms with van der Waals surface area (Å²) in [5, 5.41) is 8.87. The van der Waals surface area contributed by atoms with Crippen LogP contribution < -0.4 is 0 Å². The average molecular weight is 371 g/mol. The molecule has 0 unspecified atom stereocenters. The molecule has 0 spiro atoms. The third-order valence-corrected chi connectivity index (χ3v) is 4.04. The molecule has 22 heavy (non-hydrogen) atoms. The normalized spacial score (nSPS) is 11.5. The highest BCUT2D eigenvalue weighted by Crippen LogP contribution is 2.40. The van der Waals surface area contributed by atoms with Crippen molar-refractivity contribution in [1.29, 1.82) is 0 Å². The van der Waals surface area contributed by atoms with Crippen LogP contribution in [0.4, 0.5) is 13.2 Å². The van der Waals surface area contributed by atoms with Gasteiger partial charge >= 0.3 is 12.1 Å². The highest BCUT2D eigenvalue weighted by atomic mass is 35.5. The van der Waals surface area contributed by atoms with Crippen LogP contribution in [0.15, 0.2) is 24.4 Å². The maximum absolute atomic E-state index is 13.0. The molecule has 116 valence electrons. The first kappa shape index (κ1) is 16.9. The van der Waals surface area contributed by atoms with Gasteiger partial charge in [-0.3, -0.25) is 0 Å². The number of nitrogens with zero attached hydrogens (tertiary/aromatic N) is 1. The van der Waals surface area contributed by atoms with E-state index >= 15 is 0 Å². The standard InChI is InChI=1S/C13H5Cl3F3NO2/c14-8-2-1-6(9(15)10(8)16)5-3-7(13(17,18)19)11(12(21)22)20-4-5/h1-4H,(H,21,22). The topological polar surface area (TPSA) is 50.2 Å². The first-order valence-electron chi connectivity index (χ1n) is 5.57. The molecular weight excluding hydrogens is 366 g/mol. The van der Waals surface area contributed by atoms with Gasteiger partial charge < -0.3 is 5.11 Å². The Kier molecular flexibility index (Phi) is 4.56. The van der Waals surface area contributed by atoms with E-state index in [-0.39, 0.29) is 26.2 Å². The van der Waals surface area contributed by atoms with Gasteiger partial charge in [-0.25, -0.2) is 9.78 Å². The van der Waals surface area contributed by atoms with Crippen LogP contribution in [0.1, 0.15) is 16.1 Å². The third kappa shape index (κ3) is 3.14. The SMILES string of the molecule is O=C(O)c1ncc(-c2ccc(Cl)c(Cl)c2Cl)cc1C(F)(F)F. The van der Waals surface area contributed by atoms with E-state index in [2.05, 4.69) is 4.98 Å². The fourth-order valence-electron chi connectivity index (χ4n) is 1.75. The van der Waals surface area contributed by atoms with Crippen molar-refractivity contribution >= 4 is 40.8 Å². The Morgan fingerprint density at radius 2 is 1.77 bits per heavy atom. The van der Waals surface area contributed by atoms with Crippen LogP contribution in [0.25, 0.3) is 11.1 Å². The zero-order chi connectivity index (χ0) is 16.7. The molecule has 0 atom stereocenters. The number of hydrogen-bond acceptors (Lipinski definition) is 2. The predicted molar refractivity (Wildman–Crippen MR) is 76.7 cm³/mol. The molecule has 0 fully saturated rings. The van der Waals surface area contributed by atoms with Crippen molar-refractivity contribution in [3.05, 3.63) is 50.7 Å². The van der Waals surface area contributed by atoms with E-state index in [1.165, 1.54) is 12.1 Å². The van der Waals surface area contributed by atoms with E-state index in [9.17, 15) is 18.0 Å². The zero-order valence-electron chi connectivity index (χ0n) is 10.4. The van der Waals surface area contributed by atoms with Gasteiger partial charge in [0, 0.05) is 17.3 Å². The molecule has 0 aliphatic rings. The summed E-state index contributed by atoms with van der Waals surface area (Å²) >= 11 is 17.6. The predicted octanol–water partition coefficient (Wildman–Crippen LogP) is 5.43. The first-order valence-corrected chi connectivity index (χ1v) is 6.70. The molecule has 2 rings (SSSR count). The maximum atomic E-state index is 13.0. The van der Waals surface area contributed by atoms with Crippen LogP contribution in [0.3, 0.4) is 0 Å². The van der Waals surface area contributed by atoms with Crippen molar-refractivity contribution in [3.63, 3.8) is 0 Å². The van der Waals surface area contributed by atoms with Gasteiger partial charge in [0.2, 0.25) is 0 Å². The lowest BCUT2D eigenvalue weighted by Crippen LogP contribution is -2.15. The largest absolute Gasteiger partial charge is 0.476 e. The molecular formula is C13H5Cl3F3NO2. The minimum absolute atomic E-state index is 0.0169. The minimum Gasteiger partial charge on any atom is -0.476 e. The number of carboxylic acid groups (broad SMARTS) is 1. The Bertz CT molecular complexity index is 763. The Morgan fingerprint density at radius 3 is 2.32 bits per heavy atom. The number of aromatic nitrogens is 1. The van der Waals surface area contributed by atoms with E-state index < -0.39 is 23.4 Å². The number of pyridine rings is 1. The molecule has 0 saturated heterocycles. The van der Waals surface area contributed by atoms with Gasteiger partial charge in [0.25, 0.3) is 0 Å². The Hall–Kier alpha value is -1.50. The third-order valence-electron chi connectivity index (χ3n) is 2.74. The summed E-state index contributed by atoms with van der Waals surface area (Å²) < 4.78 is 38.9. The molecule has 1 N–H and O–H groups in total. The molecule has 0 bridgehead atoms. The number of hydrogen-bond donors (Lipinski definition) is 1. The number of alkyl halides is 3. The van der Waals surface area contributed by atoms with Crippen LogP contribution in [0.2, 0.25) is 15.1 Å². The van der Waals surface area contributed by atoms with Gasteiger partial charge in [-0.15, -0.1) is 0 Å². The van der Waals surface area contributed by atoms with E-state index in [4.69, 9.17) is 39.9 Å². The van der Waals surface area contributed by atoms with Crippen LogP contribution in [-0.2, 0) is 6.18 Å². The summed E-state index contributed by atoms with van der Waals surface area (Å²) in [6.07, 6.45) is -3.90. The molecule has 1 aromatic heterocycles. The van der Waals surface area contributed by atoms with Crippen molar-refractivity contribution in [3.8, 4) is 11.1 Å². The van der Waals surface area contributed by atoms with Crippen LogP contribution >= 0.6 is 34.8 Å². The second-order valence-corrected chi connectivity index (χ2v) is 5.31. The van der Waals surface area contributed by atoms with E-state index in [1.54, 1.807) is 0 Å². The lowest BCUT2D eigenvalue weighted by atomic mass is 10.0. The minimum atomic E-state index is -4.88. The molecule has 1 heterocycles. The summed E-state index contributed by atoms with van der Waals surface area (Å²) in [5.74, 6) is -1.78. The smallest absolute Gasteiger partial charge is 0.418 e. The van der Waals surface area contributed by atoms with Gasteiger partial charge in [0.1, 0.15) is 0 Å². The molecule has 1 aromatic carbocycles.